The maximum atomic E-state index is 10.1. The van der Waals surface area contributed by atoms with Gasteiger partial charge in [-0.2, -0.15) is 9.91 Å². The smallest absolute Gasteiger partial charge is 0.458 e. The molecule has 114 valence electrons. The molecule has 0 saturated carbocycles. The normalized spacial score (nSPS) is 15.0. The molecule has 0 bridgehead atoms. The summed E-state index contributed by atoms with van der Waals surface area (Å²) in [6.07, 6.45) is 0.734. The lowest BCUT2D eigenvalue weighted by atomic mass is 10.1. The van der Waals surface area contributed by atoms with Crippen LogP contribution in [0.5, 0.6) is 0 Å². The lowest BCUT2D eigenvalue weighted by Gasteiger charge is -2.20. The molecular weight excluding hydrogens is 298 g/mol. The van der Waals surface area contributed by atoms with Crippen LogP contribution in [0.2, 0.25) is 0 Å². The zero-order chi connectivity index (χ0) is 16.2. The van der Waals surface area contributed by atoms with Gasteiger partial charge in [0.25, 0.3) is 11.8 Å². The van der Waals surface area contributed by atoms with Gasteiger partial charge in [0.2, 0.25) is 13.1 Å². The van der Waals surface area contributed by atoms with E-state index in [4.69, 9.17) is 0 Å². The van der Waals surface area contributed by atoms with Gasteiger partial charge in [-0.05, 0) is 4.92 Å². The van der Waals surface area contributed by atoms with Crippen LogP contribution in [-0.2, 0) is 0 Å². The van der Waals surface area contributed by atoms with Gasteiger partial charge in [0, 0.05) is 0 Å². The third kappa shape index (κ3) is 3.21. The zero-order valence-corrected chi connectivity index (χ0v) is 10.0. The molecule has 0 unspecified atom stereocenters. The summed E-state index contributed by atoms with van der Waals surface area (Å²) in [4.78, 5) is 42.7. The molecule has 0 atom stereocenters. The van der Waals surface area contributed by atoms with Crippen molar-refractivity contribution in [3.63, 3.8) is 0 Å². The van der Waals surface area contributed by atoms with Gasteiger partial charge in [0.15, 0.2) is 0 Å². The van der Waals surface area contributed by atoms with E-state index in [0.29, 0.717) is 0 Å². The summed E-state index contributed by atoms with van der Waals surface area (Å²) in [6, 6.07) is 0. The number of nitrogens with zero attached hydrogens (tertiary/aromatic N) is 6. The number of nitrogens with two attached hydrogens (primary N) is 1. The van der Waals surface area contributed by atoms with Crippen LogP contribution in [0.3, 0.4) is 0 Å². The Balaban J connectivity index is 0.000000211. The van der Waals surface area contributed by atoms with E-state index in [-0.39, 0.29) is 13.1 Å². The summed E-state index contributed by atoms with van der Waals surface area (Å²) < 4.78 is 0. The van der Waals surface area contributed by atoms with Gasteiger partial charge in [-0.15, -0.1) is 0 Å². The molecule has 15 nitrogen and oxygen atoms in total. The molecule has 0 amide bonds. The Hall–Kier alpha value is -3.23. The van der Waals surface area contributed by atoms with Crippen LogP contribution in [0.1, 0.15) is 0 Å². The minimum atomic E-state index is -1.89. The number of hydrogen-bond acceptors (Lipinski definition) is 9. The molecule has 0 aromatic carbocycles. The van der Waals surface area contributed by atoms with Gasteiger partial charge in [0.05, 0.1) is 0 Å². The second-order valence-corrected chi connectivity index (χ2v) is 3.74. The predicted octanol–water partition coefficient (Wildman–Crippen LogP) is -2.33. The first-order chi connectivity index (χ1) is 9.70. The monoisotopic (exact) mass is 305 g/mol. The van der Waals surface area contributed by atoms with Gasteiger partial charge in [-0.25, -0.2) is 4.98 Å². The molecule has 1 aliphatic rings. The predicted molar refractivity (Wildman–Crippen MR) is 59.2 cm³/mol. The van der Waals surface area contributed by atoms with Crippen LogP contribution in [0.15, 0.2) is 6.20 Å². The molecule has 1 aromatic rings. The highest BCUT2D eigenvalue weighted by Gasteiger charge is 2.67. The summed E-state index contributed by atoms with van der Waals surface area (Å²) in [5.41, 5.74) is -1.89. The molecule has 21 heavy (non-hydrogen) atoms. The first-order valence-electron chi connectivity index (χ1n) is 5.10. The van der Waals surface area contributed by atoms with E-state index in [2.05, 4.69) is 9.97 Å². The van der Waals surface area contributed by atoms with Crippen molar-refractivity contribution in [2.24, 2.45) is 0 Å². The van der Waals surface area contributed by atoms with E-state index in [0.717, 1.165) is 6.20 Å². The zero-order valence-electron chi connectivity index (χ0n) is 10.0. The Labute approximate surface area is 113 Å². The van der Waals surface area contributed by atoms with Crippen LogP contribution in [0.25, 0.3) is 0 Å². The molecule has 2 heterocycles. The van der Waals surface area contributed by atoms with Crippen LogP contribution < -0.4 is 10.3 Å². The van der Waals surface area contributed by atoms with E-state index in [1.807, 2.05) is 0 Å². The molecule has 1 fully saturated rings. The fourth-order valence-corrected chi connectivity index (χ4v) is 1.22. The Morgan fingerprint density at radius 1 is 1.05 bits per heavy atom. The maximum absolute atomic E-state index is 10.1. The van der Waals surface area contributed by atoms with Crippen LogP contribution in [0.4, 0.5) is 11.8 Å². The highest BCUT2D eigenvalue weighted by atomic mass is 16.7. The SMILES string of the molecule is O=[N+]([O-])C1([N+](=O)[O-])C[NH2+]C1.O=[N+]([O-])c1c[n-]c([N+](=O)[O-])n1. The van der Waals surface area contributed by atoms with Crippen molar-refractivity contribution in [3.8, 4) is 0 Å². The molecule has 1 aromatic heterocycles. The fraction of sp³-hybridized carbons (Fsp3) is 0.500. The van der Waals surface area contributed by atoms with Gasteiger partial charge < -0.3 is 25.5 Å². The van der Waals surface area contributed by atoms with E-state index in [1.54, 1.807) is 0 Å². The molecule has 0 spiro atoms. The summed E-state index contributed by atoms with van der Waals surface area (Å²) in [5, 5.41) is 41.5. The second-order valence-electron chi connectivity index (χ2n) is 3.74. The molecule has 0 radical (unpaired) electrons. The van der Waals surface area contributed by atoms with Crippen molar-refractivity contribution in [2.75, 3.05) is 13.1 Å². The number of rotatable bonds is 4. The number of nitro groups is 4. The Bertz CT molecular complexity index is 547. The third-order valence-electron chi connectivity index (χ3n) is 2.48. The van der Waals surface area contributed by atoms with Crippen molar-refractivity contribution in [1.29, 1.82) is 0 Å². The highest BCUT2D eigenvalue weighted by molar-refractivity contribution is 5.20. The Morgan fingerprint density at radius 2 is 1.57 bits per heavy atom. The van der Waals surface area contributed by atoms with Crippen LogP contribution in [0, 0.1) is 40.5 Å². The molecule has 1 aliphatic heterocycles. The van der Waals surface area contributed by atoms with Gasteiger partial charge >= 0.3 is 5.66 Å². The summed E-state index contributed by atoms with van der Waals surface area (Å²) >= 11 is 0. The minimum Gasteiger partial charge on any atom is -0.458 e. The lowest BCUT2D eigenvalue weighted by molar-refractivity contribution is -0.932. The first kappa shape index (κ1) is 15.8. The number of hydrogen-bond donors (Lipinski definition) is 1. The average molecular weight is 305 g/mol. The summed E-state index contributed by atoms with van der Waals surface area (Å²) in [7, 11) is 0. The molecule has 0 aliphatic carbocycles. The topological polar surface area (TPSA) is 216 Å². The molecule has 15 heteroatoms. The standard InChI is InChI=1S/C3HN4O4.C3H5N3O4/c8-6(9)2-1-4-3(5-2)7(10)11;7-5(8)3(6(9)10)1-4-2-3/h1H;4H,1-2H2/q-1;/p+1. The van der Waals surface area contributed by atoms with Crippen molar-refractivity contribution in [3.05, 3.63) is 46.7 Å². The van der Waals surface area contributed by atoms with E-state index in [1.165, 1.54) is 5.32 Å². The van der Waals surface area contributed by atoms with Crippen LogP contribution >= 0.6 is 0 Å². The minimum absolute atomic E-state index is 0.0486. The summed E-state index contributed by atoms with van der Waals surface area (Å²) in [5.74, 6) is -1.37. The molecule has 2 N–H and O–H groups in total. The van der Waals surface area contributed by atoms with Gasteiger partial charge in [-0.1, -0.05) is 0 Å². The number of aromatic nitrogens is 2. The van der Waals surface area contributed by atoms with Gasteiger partial charge in [0.1, 0.15) is 16.0 Å². The number of imidazole rings is 1. The quantitative estimate of drug-likeness (QED) is 0.355. The number of quaternary nitrogens is 1. The van der Waals surface area contributed by atoms with Crippen LogP contribution in [-0.4, -0.2) is 43.4 Å². The largest absolute Gasteiger partial charge is 0.551 e. The fourth-order valence-electron chi connectivity index (χ4n) is 1.22. The van der Waals surface area contributed by atoms with Gasteiger partial charge in [-0.3, -0.25) is 20.2 Å². The molecule has 2 rings (SSSR count). The Kier molecular flexibility index (Phi) is 4.39. The highest BCUT2D eigenvalue weighted by Crippen LogP contribution is 2.10. The van der Waals surface area contributed by atoms with Crippen molar-refractivity contribution in [2.45, 2.75) is 5.66 Å². The first-order valence-corrected chi connectivity index (χ1v) is 5.10. The van der Waals surface area contributed by atoms with Crippen molar-refractivity contribution >= 4 is 11.8 Å². The Morgan fingerprint density at radius 3 is 1.71 bits per heavy atom. The lowest BCUT2D eigenvalue weighted by Crippen LogP contribution is -3.05. The van der Waals surface area contributed by atoms with E-state index >= 15 is 0 Å². The molecule has 1 saturated heterocycles. The molecular formula is C6H7N7O8. The second kappa shape index (κ2) is 5.82. The van der Waals surface area contributed by atoms with E-state index < -0.39 is 37.1 Å². The van der Waals surface area contributed by atoms with Crippen molar-refractivity contribution < 1.29 is 25.0 Å². The maximum Gasteiger partial charge on any atom is 0.551 e. The van der Waals surface area contributed by atoms with Crippen molar-refractivity contribution in [1.82, 2.24) is 9.97 Å². The average Bonchev–Trinajstić information content (AvgIpc) is 2.75. The van der Waals surface area contributed by atoms with E-state index in [9.17, 15) is 40.5 Å². The third-order valence-corrected chi connectivity index (χ3v) is 2.48. The summed E-state index contributed by atoms with van der Waals surface area (Å²) in [6.45, 7) is -0.0972.